The zero-order valence-electron chi connectivity index (χ0n) is 14.4. The van der Waals surface area contributed by atoms with Crippen LogP contribution in [-0.2, 0) is 16.1 Å². The molecule has 2 aromatic rings. The molecule has 8 heteroatoms. The average Bonchev–Trinajstić information content (AvgIpc) is 2.64. The van der Waals surface area contributed by atoms with E-state index in [9.17, 15) is 9.59 Å². The maximum absolute atomic E-state index is 12.1. The molecule has 0 atom stereocenters. The van der Waals surface area contributed by atoms with Crippen molar-refractivity contribution >= 4 is 17.5 Å². The quantitative estimate of drug-likeness (QED) is 0.718. The topological polar surface area (TPSA) is 77.7 Å². The van der Waals surface area contributed by atoms with Gasteiger partial charge < -0.3 is 15.0 Å². The summed E-state index contributed by atoms with van der Waals surface area (Å²) in [5, 5.41) is 7.73. The molecule has 3 rings (SSSR count). The van der Waals surface area contributed by atoms with Gasteiger partial charge in [-0.25, -0.2) is 4.68 Å². The summed E-state index contributed by atoms with van der Waals surface area (Å²) in [4.78, 5) is 25.6. The van der Waals surface area contributed by atoms with Crippen LogP contribution in [0.15, 0.2) is 41.2 Å². The van der Waals surface area contributed by atoms with Crippen LogP contribution >= 0.6 is 11.6 Å². The Bertz CT molecular complexity index is 818. The Morgan fingerprint density at radius 3 is 2.85 bits per heavy atom. The van der Waals surface area contributed by atoms with Gasteiger partial charge in [0, 0.05) is 16.7 Å². The molecule has 1 fully saturated rings. The van der Waals surface area contributed by atoms with Crippen molar-refractivity contribution in [2.24, 2.45) is 0 Å². The molecule has 0 aliphatic carbocycles. The van der Waals surface area contributed by atoms with Crippen LogP contribution in [-0.4, -0.2) is 55.1 Å². The molecule has 0 unspecified atom stereocenters. The standard InChI is InChI=1S/C18H21ClN4O3/c19-15-3-1-2-14(12-15)16-4-5-18(25)23(21-16)13-17(24)20-6-7-22-8-10-26-11-9-22/h1-5,12H,6-11,13H2,(H,20,24)/p+1. The van der Waals surface area contributed by atoms with Crippen molar-refractivity contribution in [3.05, 3.63) is 51.8 Å². The molecule has 1 aromatic heterocycles. The predicted molar refractivity (Wildman–Crippen MR) is 98.3 cm³/mol. The lowest BCUT2D eigenvalue weighted by molar-refractivity contribution is -0.906. The van der Waals surface area contributed by atoms with E-state index in [4.69, 9.17) is 16.3 Å². The minimum atomic E-state index is -0.315. The zero-order chi connectivity index (χ0) is 18.4. The van der Waals surface area contributed by atoms with Crippen LogP contribution in [0.5, 0.6) is 0 Å². The van der Waals surface area contributed by atoms with E-state index in [2.05, 4.69) is 10.4 Å². The largest absolute Gasteiger partial charge is 0.370 e. The third-order valence-corrected chi connectivity index (χ3v) is 4.52. The van der Waals surface area contributed by atoms with E-state index in [1.165, 1.54) is 15.6 Å². The van der Waals surface area contributed by atoms with Crippen LogP contribution in [0.4, 0.5) is 0 Å². The first kappa shape index (κ1) is 18.6. The van der Waals surface area contributed by atoms with Gasteiger partial charge in [0.2, 0.25) is 5.91 Å². The third-order valence-electron chi connectivity index (χ3n) is 4.28. The number of hydrogen-bond acceptors (Lipinski definition) is 4. The highest BCUT2D eigenvalue weighted by Crippen LogP contribution is 2.19. The number of benzene rings is 1. The van der Waals surface area contributed by atoms with Crippen LogP contribution in [0.25, 0.3) is 11.3 Å². The molecule has 1 aliphatic rings. The first-order valence-electron chi connectivity index (χ1n) is 8.64. The van der Waals surface area contributed by atoms with E-state index in [0.717, 1.165) is 38.4 Å². The van der Waals surface area contributed by atoms with Gasteiger partial charge >= 0.3 is 0 Å². The van der Waals surface area contributed by atoms with Crippen LogP contribution in [0.1, 0.15) is 0 Å². The Morgan fingerprint density at radius 2 is 2.08 bits per heavy atom. The number of carbonyl (C=O) groups is 1. The summed E-state index contributed by atoms with van der Waals surface area (Å²) in [5.74, 6) is -0.226. The summed E-state index contributed by atoms with van der Waals surface area (Å²) >= 11 is 6.00. The molecule has 0 bridgehead atoms. The van der Waals surface area contributed by atoms with E-state index in [-0.39, 0.29) is 18.0 Å². The van der Waals surface area contributed by atoms with E-state index in [0.29, 0.717) is 17.3 Å². The van der Waals surface area contributed by atoms with Gasteiger partial charge in [0.05, 0.1) is 32.0 Å². The zero-order valence-corrected chi connectivity index (χ0v) is 15.2. The van der Waals surface area contributed by atoms with Gasteiger partial charge in [0.25, 0.3) is 5.56 Å². The molecular formula is C18H22ClN4O3+. The van der Waals surface area contributed by atoms with E-state index in [1.807, 2.05) is 12.1 Å². The van der Waals surface area contributed by atoms with Crippen molar-refractivity contribution in [1.29, 1.82) is 0 Å². The van der Waals surface area contributed by atoms with Gasteiger partial charge in [-0.15, -0.1) is 0 Å². The van der Waals surface area contributed by atoms with Crippen molar-refractivity contribution < 1.29 is 14.4 Å². The molecule has 0 saturated carbocycles. The van der Waals surface area contributed by atoms with Gasteiger partial charge in [-0.05, 0) is 18.2 Å². The number of morpholine rings is 1. The summed E-state index contributed by atoms with van der Waals surface area (Å²) in [6.45, 7) is 4.75. The Hall–Kier alpha value is -2.22. The van der Waals surface area contributed by atoms with Gasteiger partial charge in [0.1, 0.15) is 19.6 Å². The molecule has 26 heavy (non-hydrogen) atoms. The highest BCUT2D eigenvalue weighted by molar-refractivity contribution is 6.30. The molecule has 7 nitrogen and oxygen atoms in total. The van der Waals surface area contributed by atoms with E-state index >= 15 is 0 Å². The fourth-order valence-electron chi connectivity index (χ4n) is 2.84. The SMILES string of the molecule is O=C(Cn1nc(-c2cccc(Cl)c2)ccc1=O)NCC[NH+]1CCOCC1. The Morgan fingerprint density at radius 1 is 1.27 bits per heavy atom. The Kier molecular flexibility index (Phi) is 6.38. The second kappa shape index (κ2) is 8.93. The first-order valence-corrected chi connectivity index (χ1v) is 9.02. The number of halogens is 1. The average molecular weight is 378 g/mol. The molecule has 2 heterocycles. The number of nitrogens with one attached hydrogen (secondary N) is 2. The van der Waals surface area contributed by atoms with Crippen LogP contribution in [0.3, 0.4) is 0 Å². The van der Waals surface area contributed by atoms with Gasteiger partial charge in [0.15, 0.2) is 0 Å². The highest BCUT2D eigenvalue weighted by Gasteiger charge is 2.14. The van der Waals surface area contributed by atoms with Crippen molar-refractivity contribution in [2.75, 3.05) is 39.4 Å². The Labute approximate surface area is 156 Å². The van der Waals surface area contributed by atoms with Crippen LogP contribution < -0.4 is 15.8 Å². The fraction of sp³-hybridized carbons (Fsp3) is 0.389. The fourth-order valence-corrected chi connectivity index (χ4v) is 3.03. The monoisotopic (exact) mass is 377 g/mol. The molecule has 1 amide bonds. The van der Waals surface area contributed by atoms with Crippen molar-refractivity contribution in [1.82, 2.24) is 15.1 Å². The molecule has 0 radical (unpaired) electrons. The lowest BCUT2D eigenvalue weighted by Gasteiger charge is -2.23. The first-order chi connectivity index (χ1) is 12.6. The number of nitrogens with zero attached hydrogens (tertiary/aromatic N) is 2. The smallest absolute Gasteiger partial charge is 0.267 e. The number of quaternary nitrogens is 1. The van der Waals surface area contributed by atoms with Crippen molar-refractivity contribution in [3.8, 4) is 11.3 Å². The van der Waals surface area contributed by atoms with Crippen LogP contribution in [0.2, 0.25) is 5.02 Å². The lowest BCUT2D eigenvalue weighted by Crippen LogP contribution is -3.14. The normalized spacial score (nSPS) is 15.0. The van der Waals surface area contributed by atoms with Gasteiger partial charge in [-0.1, -0.05) is 23.7 Å². The molecule has 1 saturated heterocycles. The molecule has 1 aliphatic heterocycles. The van der Waals surface area contributed by atoms with Gasteiger partial charge in [-0.3, -0.25) is 9.59 Å². The highest BCUT2D eigenvalue weighted by atomic mass is 35.5. The molecule has 0 spiro atoms. The number of carbonyl (C=O) groups excluding carboxylic acids is 1. The molecular weight excluding hydrogens is 356 g/mol. The van der Waals surface area contributed by atoms with Gasteiger partial charge in [-0.2, -0.15) is 5.10 Å². The summed E-state index contributed by atoms with van der Waals surface area (Å²) in [6.07, 6.45) is 0. The second-order valence-corrected chi connectivity index (χ2v) is 6.62. The Balaban J connectivity index is 1.59. The number of amides is 1. The van der Waals surface area contributed by atoms with E-state index < -0.39 is 0 Å². The summed E-state index contributed by atoms with van der Waals surface area (Å²) in [5.41, 5.74) is 1.07. The van der Waals surface area contributed by atoms with Crippen molar-refractivity contribution in [2.45, 2.75) is 6.54 Å². The molecule has 138 valence electrons. The predicted octanol–water partition coefficient (Wildman–Crippen LogP) is -0.405. The number of aromatic nitrogens is 2. The molecule has 2 N–H and O–H groups in total. The number of ether oxygens (including phenoxy) is 1. The maximum Gasteiger partial charge on any atom is 0.267 e. The minimum Gasteiger partial charge on any atom is -0.370 e. The number of rotatable bonds is 6. The van der Waals surface area contributed by atoms with Crippen LogP contribution in [0, 0.1) is 0 Å². The number of hydrogen-bond donors (Lipinski definition) is 2. The summed E-state index contributed by atoms with van der Waals surface area (Å²) < 4.78 is 6.49. The second-order valence-electron chi connectivity index (χ2n) is 6.19. The van der Waals surface area contributed by atoms with E-state index in [1.54, 1.807) is 18.2 Å². The van der Waals surface area contributed by atoms with Crippen molar-refractivity contribution in [3.63, 3.8) is 0 Å². The molecule has 1 aromatic carbocycles. The summed E-state index contributed by atoms with van der Waals surface area (Å²) in [6, 6.07) is 10.2. The third kappa shape index (κ3) is 5.14. The lowest BCUT2D eigenvalue weighted by atomic mass is 10.1. The minimum absolute atomic E-state index is 0.105. The maximum atomic E-state index is 12.1. The summed E-state index contributed by atoms with van der Waals surface area (Å²) in [7, 11) is 0.